The van der Waals surface area contributed by atoms with E-state index in [1.165, 1.54) is 28.8 Å². The quantitative estimate of drug-likeness (QED) is 0.275. The molecule has 4 heterocycles. The lowest BCUT2D eigenvalue weighted by molar-refractivity contribution is -0.141. The number of rotatable bonds is 11. The van der Waals surface area contributed by atoms with Crippen LogP contribution in [0.15, 0.2) is 30.7 Å². The fourth-order valence-corrected chi connectivity index (χ4v) is 4.61. The summed E-state index contributed by atoms with van der Waals surface area (Å²) in [5.74, 6) is -0.230. The van der Waals surface area contributed by atoms with E-state index in [4.69, 9.17) is 5.73 Å². The maximum atomic E-state index is 13.7. The van der Waals surface area contributed by atoms with Crippen molar-refractivity contribution in [2.45, 2.75) is 71.4 Å². The Balaban J connectivity index is 1.57. The van der Waals surface area contributed by atoms with Crippen LogP contribution in [0.25, 0.3) is 0 Å². The summed E-state index contributed by atoms with van der Waals surface area (Å²) >= 11 is 0. The molecule has 13 nitrogen and oxygen atoms in total. The van der Waals surface area contributed by atoms with E-state index >= 15 is 0 Å². The molecular formula is C28H35F3N10O3. The molecule has 3 aromatic heterocycles. The summed E-state index contributed by atoms with van der Waals surface area (Å²) in [6.07, 6.45) is 1.40. The zero-order valence-electron chi connectivity index (χ0n) is 24.9. The second kappa shape index (κ2) is 13.4. The Bertz CT molecular complexity index is 1510. The lowest BCUT2D eigenvalue weighted by atomic mass is 10.1. The van der Waals surface area contributed by atoms with Crippen molar-refractivity contribution >= 4 is 35.2 Å². The smallest absolute Gasteiger partial charge is 0.356 e. The zero-order chi connectivity index (χ0) is 32.2. The van der Waals surface area contributed by atoms with Gasteiger partial charge < -0.3 is 21.3 Å². The van der Waals surface area contributed by atoms with E-state index in [0.29, 0.717) is 54.1 Å². The van der Waals surface area contributed by atoms with Crippen LogP contribution in [0, 0.1) is 6.92 Å². The molecule has 4 N–H and O–H groups in total. The van der Waals surface area contributed by atoms with Crippen molar-refractivity contribution in [3.05, 3.63) is 53.2 Å². The van der Waals surface area contributed by atoms with Crippen LogP contribution >= 0.6 is 0 Å². The van der Waals surface area contributed by atoms with Crippen LogP contribution in [0.3, 0.4) is 0 Å². The van der Waals surface area contributed by atoms with Gasteiger partial charge in [0.05, 0.1) is 31.0 Å². The van der Waals surface area contributed by atoms with Crippen molar-refractivity contribution in [3.8, 4) is 0 Å². The van der Waals surface area contributed by atoms with E-state index in [1.807, 2.05) is 0 Å². The summed E-state index contributed by atoms with van der Waals surface area (Å²) in [5, 5.41) is 9.83. The molecule has 0 bridgehead atoms. The molecule has 0 aliphatic carbocycles. The van der Waals surface area contributed by atoms with Crippen LogP contribution in [0.2, 0.25) is 0 Å². The van der Waals surface area contributed by atoms with Gasteiger partial charge in [-0.25, -0.2) is 4.98 Å². The number of halogens is 3. The van der Waals surface area contributed by atoms with Crippen LogP contribution in [0.4, 0.5) is 30.6 Å². The predicted octanol–water partition coefficient (Wildman–Crippen LogP) is 2.39. The van der Waals surface area contributed by atoms with Crippen molar-refractivity contribution in [2.24, 2.45) is 5.73 Å². The Morgan fingerprint density at radius 1 is 1.18 bits per heavy atom. The number of unbranched alkanes of at least 4 members (excludes halogenated alkanes) is 1. The third kappa shape index (κ3) is 7.67. The second-order valence-electron chi connectivity index (χ2n) is 10.7. The Labute approximate surface area is 252 Å². The van der Waals surface area contributed by atoms with Crippen molar-refractivity contribution in [1.82, 2.24) is 30.0 Å². The number of alkyl halides is 3. The number of pyridine rings is 1. The van der Waals surface area contributed by atoms with Crippen LogP contribution < -0.4 is 26.2 Å². The maximum Gasteiger partial charge on any atom is 0.433 e. The highest BCUT2D eigenvalue weighted by atomic mass is 19.4. The van der Waals surface area contributed by atoms with E-state index in [1.54, 1.807) is 32.0 Å². The fourth-order valence-electron chi connectivity index (χ4n) is 4.61. The van der Waals surface area contributed by atoms with E-state index in [-0.39, 0.29) is 30.9 Å². The number of nitrogens with one attached hydrogen (secondary N) is 2. The van der Waals surface area contributed by atoms with Gasteiger partial charge in [-0.15, -0.1) is 0 Å². The minimum Gasteiger partial charge on any atom is -0.356 e. The largest absolute Gasteiger partial charge is 0.433 e. The number of amides is 3. The van der Waals surface area contributed by atoms with Gasteiger partial charge in [0, 0.05) is 38.5 Å². The molecule has 0 saturated heterocycles. The summed E-state index contributed by atoms with van der Waals surface area (Å²) in [5.41, 5.74) is 7.38. The summed E-state index contributed by atoms with van der Waals surface area (Å²) in [7, 11) is 1.73. The molecule has 1 aliphatic rings. The van der Waals surface area contributed by atoms with Crippen LogP contribution in [0.1, 0.15) is 55.6 Å². The molecule has 3 amide bonds. The number of nitrogens with zero attached hydrogens (tertiary/aromatic N) is 7. The molecule has 2 atom stereocenters. The number of carbonyl (C=O) groups is 3. The lowest BCUT2D eigenvalue weighted by Gasteiger charge is -2.33. The lowest BCUT2D eigenvalue weighted by Crippen LogP contribution is -2.46. The minimum atomic E-state index is -4.53. The van der Waals surface area contributed by atoms with Crippen molar-refractivity contribution in [3.63, 3.8) is 0 Å². The second-order valence-corrected chi connectivity index (χ2v) is 10.7. The number of aromatic nitrogens is 5. The average Bonchev–Trinajstić information content (AvgIpc) is 3.41. The van der Waals surface area contributed by atoms with Gasteiger partial charge in [-0.3, -0.25) is 28.9 Å². The number of likely N-dealkylation sites (N-methyl/N-ethyl adjacent to an activating group) is 1. The summed E-state index contributed by atoms with van der Waals surface area (Å²) in [6.45, 7) is 5.50. The Kier molecular flexibility index (Phi) is 9.81. The molecule has 0 saturated carbocycles. The number of nitrogens with two attached hydrogens (primary N) is 1. The van der Waals surface area contributed by atoms with Crippen molar-refractivity contribution in [2.75, 3.05) is 28.7 Å². The number of fused-ring (bicyclic) bond motifs is 1. The first-order valence-corrected chi connectivity index (χ1v) is 14.0. The molecule has 1 aliphatic heterocycles. The van der Waals surface area contributed by atoms with Gasteiger partial charge in [0.25, 0.3) is 0 Å². The third-order valence-corrected chi connectivity index (χ3v) is 7.23. The van der Waals surface area contributed by atoms with E-state index in [0.717, 1.165) is 12.3 Å². The van der Waals surface area contributed by atoms with Crippen molar-refractivity contribution < 1.29 is 27.6 Å². The van der Waals surface area contributed by atoms with E-state index in [2.05, 4.69) is 30.7 Å². The standard InChI is InChI=1S/C28H35F3N10O3/c1-16-23-24(39(4)17(2)25(43)37-23)38-27(36-16)41(26(44)21(32)7-5-6-10-33-18(3)42)15-20-12-35-40(14-20)13-19-8-9-22(34-11-19)28(29,30)31/h8-9,11-12,14,17,21H,5-7,10,13,15,32H2,1-4H3,(H,33,42)(H,37,43)/t17-,21-/m0/s1. The number of carbonyl (C=O) groups excluding carboxylic acids is 3. The monoisotopic (exact) mass is 616 g/mol. The normalized spacial score (nSPS) is 15.4. The Morgan fingerprint density at radius 2 is 1.93 bits per heavy atom. The fraction of sp³-hybridized carbons (Fsp3) is 0.464. The molecular weight excluding hydrogens is 581 g/mol. The molecule has 44 heavy (non-hydrogen) atoms. The number of hydrogen-bond donors (Lipinski definition) is 3. The molecule has 0 spiro atoms. The summed E-state index contributed by atoms with van der Waals surface area (Å²) < 4.78 is 40.1. The molecule has 0 unspecified atom stereocenters. The molecule has 3 aromatic rings. The minimum absolute atomic E-state index is 0.00748. The number of anilines is 3. The number of hydrogen-bond acceptors (Lipinski definition) is 9. The van der Waals surface area contributed by atoms with Gasteiger partial charge >= 0.3 is 6.18 Å². The highest BCUT2D eigenvalue weighted by Crippen LogP contribution is 2.33. The van der Waals surface area contributed by atoms with Gasteiger partial charge in [-0.2, -0.15) is 23.3 Å². The molecule has 16 heteroatoms. The Morgan fingerprint density at radius 3 is 2.59 bits per heavy atom. The van der Waals surface area contributed by atoms with Gasteiger partial charge in [-0.1, -0.05) is 6.07 Å². The van der Waals surface area contributed by atoms with Crippen LogP contribution in [-0.4, -0.2) is 68.1 Å². The van der Waals surface area contributed by atoms with Gasteiger partial charge in [0.15, 0.2) is 5.82 Å². The maximum absolute atomic E-state index is 13.7. The molecule has 0 fully saturated rings. The first kappa shape index (κ1) is 32.3. The topological polar surface area (TPSA) is 164 Å². The first-order valence-electron chi connectivity index (χ1n) is 14.0. The zero-order valence-corrected chi connectivity index (χ0v) is 24.9. The SMILES string of the molecule is CC(=O)NCCCC[C@H](N)C(=O)N(Cc1cnn(Cc2ccc(C(F)(F)F)nc2)c1)c1nc(C)c2c(n1)N(C)[C@@H](C)C(=O)N2. The highest BCUT2D eigenvalue weighted by Gasteiger charge is 2.33. The summed E-state index contributed by atoms with van der Waals surface area (Å²) in [6, 6.07) is 0.848. The van der Waals surface area contributed by atoms with E-state index in [9.17, 15) is 27.6 Å². The Hall–Kier alpha value is -4.60. The first-order chi connectivity index (χ1) is 20.7. The van der Waals surface area contributed by atoms with E-state index < -0.39 is 29.9 Å². The van der Waals surface area contributed by atoms with Crippen LogP contribution in [0.5, 0.6) is 0 Å². The third-order valence-electron chi connectivity index (χ3n) is 7.23. The molecule has 4 rings (SSSR count). The molecule has 236 valence electrons. The van der Waals surface area contributed by atoms with Crippen molar-refractivity contribution in [1.29, 1.82) is 0 Å². The van der Waals surface area contributed by atoms with Crippen LogP contribution in [-0.2, 0) is 33.6 Å². The average molecular weight is 617 g/mol. The van der Waals surface area contributed by atoms with Gasteiger partial charge in [-0.05, 0) is 44.7 Å². The molecule has 0 radical (unpaired) electrons. The van der Waals surface area contributed by atoms with Gasteiger partial charge in [0.1, 0.15) is 17.4 Å². The summed E-state index contributed by atoms with van der Waals surface area (Å²) in [4.78, 5) is 53.0. The highest BCUT2D eigenvalue weighted by molar-refractivity contribution is 6.03. The number of aryl methyl sites for hydroxylation is 1. The van der Waals surface area contributed by atoms with Gasteiger partial charge in [0.2, 0.25) is 23.7 Å². The molecule has 0 aromatic carbocycles. The predicted molar refractivity (Wildman–Crippen MR) is 156 cm³/mol.